The lowest BCUT2D eigenvalue weighted by Gasteiger charge is -2.12. The third kappa shape index (κ3) is 5.48. The maximum absolute atomic E-state index is 11.6. The number of halogens is 2. The Morgan fingerprint density at radius 3 is 2.47 bits per heavy atom. The minimum Gasteiger partial charge on any atom is -0.355 e. The van der Waals surface area contributed by atoms with Gasteiger partial charge in [-0.3, -0.25) is 4.79 Å². The van der Waals surface area contributed by atoms with Crippen molar-refractivity contribution in [2.24, 2.45) is 0 Å². The molecule has 0 heterocycles. The fourth-order valence-corrected chi connectivity index (χ4v) is 2.45. The number of carbonyl (C=O) groups excluding carboxylic acids is 2. The van der Waals surface area contributed by atoms with Crippen LogP contribution in [0, 0.1) is 6.92 Å². The highest BCUT2D eigenvalue weighted by Gasteiger charge is 2.09. The first-order valence-electron chi connectivity index (χ1n) is 5.65. The van der Waals surface area contributed by atoms with Crippen LogP contribution in [0.15, 0.2) is 16.6 Å². The second-order valence-corrected chi connectivity index (χ2v) is 5.27. The van der Waals surface area contributed by atoms with Crippen LogP contribution in [0.4, 0.5) is 10.5 Å². The zero-order valence-electron chi connectivity index (χ0n) is 10.6. The van der Waals surface area contributed by atoms with Gasteiger partial charge in [-0.1, -0.05) is 27.5 Å². The summed E-state index contributed by atoms with van der Waals surface area (Å²) in [5.41, 5.74) is 1.43. The summed E-state index contributed by atoms with van der Waals surface area (Å²) >= 11 is 9.38. The molecular formula is C12H15BrClN3O2. The zero-order chi connectivity index (χ0) is 14.4. The van der Waals surface area contributed by atoms with Gasteiger partial charge in [-0.15, -0.1) is 0 Å². The molecule has 1 rings (SSSR count). The first-order valence-corrected chi connectivity index (χ1v) is 6.82. The Bertz CT molecular complexity index is 471. The average Bonchev–Trinajstić information content (AvgIpc) is 2.29. The maximum Gasteiger partial charge on any atom is 0.319 e. The molecule has 1 aromatic rings. The molecule has 0 unspecified atom stereocenters. The van der Waals surface area contributed by atoms with Gasteiger partial charge in [0.05, 0.1) is 10.7 Å². The van der Waals surface area contributed by atoms with Gasteiger partial charge in [0.1, 0.15) is 0 Å². The Labute approximate surface area is 125 Å². The fraction of sp³-hybridized carbons (Fsp3) is 0.333. The number of amides is 3. The molecule has 0 aliphatic rings. The largest absolute Gasteiger partial charge is 0.355 e. The Hall–Kier alpha value is -1.27. The van der Waals surface area contributed by atoms with E-state index in [2.05, 4.69) is 31.9 Å². The van der Waals surface area contributed by atoms with Crippen LogP contribution in [0.25, 0.3) is 0 Å². The lowest BCUT2D eigenvalue weighted by molar-refractivity contribution is -0.118. The molecule has 0 saturated carbocycles. The molecule has 19 heavy (non-hydrogen) atoms. The van der Waals surface area contributed by atoms with Gasteiger partial charge in [0, 0.05) is 24.5 Å². The van der Waals surface area contributed by atoms with Gasteiger partial charge >= 0.3 is 6.03 Å². The monoisotopic (exact) mass is 347 g/mol. The van der Waals surface area contributed by atoms with Crippen molar-refractivity contribution < 1.29 is 9.59 Å². The molecule has 0 radical (unpaired) electrons. The Morgan fingerprint density at radius 1 is 1.26 bits per heavy atom. The number of hydrogen-bond acceptors (Lipinski definition) is 2. The van der Waals surface area contributed by atoms with Gasteiger partial charge in [-0.2, -0.15) is 0 Å². The first kappa shape index (κ1) is 15.8. The molecule has 3 amide bonds. The third-order valence-electron chi connectivity index (χ3n) is 2.28. The molecule has 0 saturated heterocycles. The Kier molecular flexibility index (Phi) is 6.11. The van der Waals surface area contributed by atoms with E-state index in [4.69, 9.17) is 11.6 Å². The summed E-state index contributed by atoms with van der Waals surface area (Å²) in [6.45, 7) is 4.00. The maximum atomic E-state index is 11.6. The van der Waals surface area contributed by atoms with E-state index in [0.29, 0.717) is 23.8 Å². The second kappa shape index (κ2) is 7.35. The molecular weight excluding hydrogens is 334 g/mol. The molecule has 0 aliphatic heterocycles. The van der Waals surface area contributed by atoms with E-state index in [1.54, 1.807) is 6.07 Å². The van der Waals surface area contributed by atoms with E-state index in [1.165, 1.54) is 6.92 Å². The predicted molar refractivity (Wildman–Crippen MR) is 79.6 cm³/mol. The van der Waals surface area contributed by atoms with Crippen LogP contribution in [-0.2, 0) is 4.79 Å². The summed E-state index contributed by atoms with van der Waals surface area (Å²) in [4.78, 5) is 22.3. The van der Waals surface area contributed by atoms with Crippen molar-refractivity contribution in [3.63, 3.8) is 0 Å². The van der Waals surface area contributed by atoms with Crippen LogP contribution >= 0.6 is 27.5 Å². The van der Waals surface area contributed by atoms with Crippen LogP contribution in [0.3, 0.4) is 0 Å². The highest BCUT2D eigenvalue weighted by atomic mass is 79.9. The summed E-state index contributed by atoms with van der Waals surface area (Å²) in [6, 6.07) is 3.21. The number of rotatable bonds is 4. The standard InChI is InChI=1S/C12H15BrClN3O2/c1-7-5-9(13)6-10(14)11(7)17-12(19)16-4-3-15-8(2)18/h5-6H,3-4H2,1-2H3,(H,15,18)(H2,16,17,19). The smallest absolute Gasteiger partial charge is 0.319 e. The van der Waals surface area contributed by atoms with Crippen molar-refractivity contribution in [3.8, 4) is 0 Å². The van der Waals surface area contributed by atoms with E-state index in [1.807, 2.05) is 13.0 Å². The lowest BCUT2D eigenvalue weighted by Crippen LogP contribution is -2.36. The van der Waals surface area contributed by atoms with Crippen LogP contribution < -0.4 is 16.0 Å². The van der Waals surface area contributed by atoms with Gasteiger partial charge in [0.15, 0.2) is 0 Å². The van der Waals surface area contributed by atoms with Gasteiger partial charge in [0.25, 0.3) is 0 Å². The number of carbonyl (C=O) groups is 2. The second-order valence-electron chi connectivity index (χ2n) is 3.94. The molecule has 1 aromatic carbocycles. The van der Waals surface area contributed by atoms with Crippen molar-refractivity contribution in [1.82, 2.24) is 10.6 Å². The third-order valence-corrected chi connectivity index (χ3v) is 3.03. The van der Waals surface area contributed by atoms with Crippen LogP contribution in [0.5, 0.6) is 0 Å². The minimum atomic E-state index is -0.363. The molecule has 7 heteroatoms. The van der Waals surface area contributed by atoms with Crippen molar-refractivity contribution in [1.29, 1.82) is 0 Å². The van der Waals surface area contributed by atoms with E-state index in [9.17, 15) is 9.59 Å². The molecule has 0 spiro atoms. The topological polar surface area (TPSA) is 70.2 Å². The Morgan fingerprint density at radius 2 is 1.89 bits per heavy atom. The fourth-order valence-electron chi connectivity index (χ4n) is 1.43. The number of hydrogen-bond donors (Lipinski definition) is 3. The average molecular weight is 349 g/mol. The number of anilines is 1. The first-order chi connectivity index (χ1) is 8.90. The minimum absolute atomic E-state index is 0.131. The summed E-state index contributed by atoms with van der Waals surface area (Å²) in [5.74, 6) is -0.131. The van der Waals surface area contributed by atoms with Gasteiger partial charge in [-0.05, 0) is 24.6 Å². The van der Waals surface area contributed by atoms with Gasteiger partial charge < -0.3 is 16.0 Å². The zero-order valence-corrected chi connectivity index (χ0v) is 13.0. The summed E-state index contributed by atoms with van der Waals surface area (Å²) < 4.78 is 0.853. The molecule has 0 bridgehead atoms. The number of nitrogens with one attached hydrogen (secondary N) is 3. The lowest BCUT2D eigenvalue weighted by atomic mass is 10.2. The SMILES string of the molecule is CC(=O)NCCNC(=O)Nc1c(C)cc(Br)cc1Cl. The van der Waals surface area contributed by atoms with E-state index >= 15 is 0 Å². The molecule has 0 fully saturated rings. The van der Waals surface area contributed by atoms with Crippen molar-refractivity contribution in [2.75, 3.05) is 18.4 Å². The van der Waals surface area contributed by atoms with Crippen LogP contribution in [0.1, 0.15) is 12.5 Å². The summed E-state index contributed by atoms with van der Waals surface area (Å²) in [6.07, 6.45) is 0. The number of urea groups is 1. The normalized spacial score (nSPS) is 9.89. The Balaban J connectivity index is 2.51. The van der Waals surface area contributed by atoms with Gasteiger partial charge in [0.2, 0.25) is 5.91 Å². The van der Waals surface area contributed by atoms with E-state index in [0.717, 1.165) is 10.0 Å². The van der Waals surface area contributed by atoms with Crippen LogP contribution in [0.2, 0.25) is 5.02 Å². The molecule has 5 nitrogen and oxygen atoms in total. The van der Waals surface area contributed by atoms with Crippen molar-refractivity contribution in [2.45, 2.75) is 13.8 Å². The predicted octanol–water partition coefficient (Wildman–Crippen LogP) is 2.67. The van der Waals surface area contributed by atoms with E-state index in [-0.39, 0.29) is 11.9 Å². The molecule has 104 valence electrons. The van der Waals surface area contributed by atoms with Crippen LogP contribution in [-0.4, -0.2) is 25.0 Å². The summed E-state index contributed by atoms with van der Waals surface area (Å²) in [7, 11) is 0. The number of benzene rings is 1. The van der Waals surface area contributed by atoms with E-state index < -0.39 is 0 Å². The number of aryl methyl sites for hydroxylation is 1. The highest BCUT2D eigenvalue weighted by molar-refractivity contribution is 9.10. The van der Waals surface area contributed by atoms with Crippen molar-refractivity contribution in [3.05, 3.63) is 27.2 Å². The van der Waals surface area contributed by atoms with Crippen molar-refractivity contribution >= 4 is 45.2 Å². The summed E-state index contributed by atoms with van der Waals surface area (Å²) in [5, 5.41) is 8.34. The molecule has 0 aromatic heterocycles. The molecule has 0 aliphatic carbocycles. The van der Waals surface area contributed by atoms with Gasteiger partial charge in [-0.25, -0.2) is 4.79 Å². The molecule has 3 N–H and O–H groups in total. The quantitative estimate of drug-likeness (QED) is 0.732. The highest BCUT2D eigenvalue weighted by Crippen LogP contribution is 2.29. The molecule has 0 atom stereocenters.